The van der Waals surface area contributed by atoms with Crippen molar-refractivity contribution in [2.24, 2.45) is 0 Å². The molecular formula is C30H27NO6. The molecule has 0 spiro atoms. The first-order valence-corrected chi connectivity index (χ1v) is 12.1. The molecule has 0 radical (unpaired) electrons. The first-order chi connectivity index (χ1) is 17.9. The van der Waals surface area contributed by atoms with Gasteiger partial charge in [0.1, 0.15) is 0 Å². The van der Waals surface area contributed by atoms with Gasteiger partial charge >= 0.3 is 5.97 Å². The standard InChI is InChI=1S/C30H27NO6/c1-36-26-12-11-19(16-27(26)37-2)23-17-28(33)31(22-10-6-9-20(13-22)30(34)35)24-14-21(15-25(32)29(23)24)18-7-4-3-5-8-18/h3-13,16,21,23H,14-15,17H2,1-2H3,(H,34,35). The van der Waals surface area contributed by atoms with Gasteiger partial charge in [-0.15, -0.1) is 0 Å². The second kappa shape index (κ2) is 9.93. The van der Waals surface area contributed by atoms with E-state index in [0.717, 1.165) is 11.1 Å². The summed E-state index contributed by atoms with van der Waals surface area (Å²) in [5.74, 6) is -0.722. The number of benzene rings is 3. The van der Waals surface area contributed by atoms with Gasteiger partial charge in [-0.3, -0.25) is 14.5 Å². The van der Waals surface area contributed by atoms with Gasteiger partial charge in [0.05, 0.1) is 19.8 Å². The highest BCUT2D eigenvalue weighted by Crippen LogP contribution is 2.48. The van der Waals surface area contributed by atoms with Crippen LogP contribution in [-0.4, -0.2) is 37.0 Å². The Hall–Kier alpha value is -4.39. The maximum absolute atomic E-state index is 13.8. The van der Waals surface area contributed by atoms with E-state index in [-0.39, 0.29) is 29.6 Å². The van der Waals surface area contributed by atoms with E-state index >= 15 is 0 Å². The predicted octanol–water partition coefficient (Wildman–Crippen LogP) is 5.32. The summed E-state index contributed by atoms with van der Waals surface area (Å²) in [7, 11) is 3.10. The summed E-state index contributed by atoms with van der Waals surface area (Å²) in [6.07, 6.45) is 0.898. The molecule has 1 N–H and O–H groups in total. The molecule has 3 aromatic rings. The van der Waals surface area contributed by atoms with Crippen molar-refractivity contribution in [1.29, 1.82) is 0 Å². The van der Waals surface area contributed by atoms with Gasteiger partial charge in [0.25, 0.3) is 0 Å². The summed E-state index contributed by atoms with van der Waals surface area (Å²) in [4.78, 5) is 40.7. The van der Waals surface area contributed by atoms with Crippen LogP contribution < -0.4 is 14.4 Å². The Morgan fingerprint density at radius 3 is 2.30 bits per heavy atom. The van der Waals surface area contributed by atoms with Gasteiger partial charge in [-0.05, 0) is 53.8 Å². The molecule has 2 atom stereocenters. The average Bonchev–Trinajstić information content (AvgIpc) is 2.92. The monoisotopic (exact) mass is 497 g/mol. The van der Waals surface area contributed by atoms with Crippen molar-refractivity contribution in [3.63, 3.8) is 0 Å². The third kappa shape index (κ3) is 4.48. The number of hydrogen-bond donors (Lipinski definition) is 1. The molecule has 0 saturated carbocycles. The minimum Gasteiger partial charge on any atom is -0.493 e. The van der Waals surface area contributed by atoms with Crippen molar-refractivity contribution >= 4 is 23.3 Å². The van der Waals surface area contributed by atoms with E-state index in [0.29, 0.717) is 41.3 Å². The van der Waals surface area contributed by atoms with Gasteiger partial charge in [0.2, 0.25) is 5.91 Å². The zero-order chi connectivity index (χ0) is 26.1. The van der Waals surface area contributed by atoms with Crippen molar-refractivity contribution in [2.45, 2.75) is 31.1 Å². The SMILES string of the molecule is COc1ccc(C2CC(=O)N(c3cccc(C(=O)O)c3)C3=C2C(=O)CC(c2ccccc2)C3)cc1OC. The number of carboxylic acids is 1. The predicted molar refractivity (Wildman–Crippen MR) is 138 cm³/mol. The van der Waals surface area contributed by atoms with Gasteiger partial charge < -0.3 is 14.6 Å². The zero-order valence-corrected chi connectivity index (χ0v) is 20.6. The molecule has 5 rings (SSSR count). The molecule has 2 unspecified atom stereocenters. The number of carbonyl (C=O) groups excluding carboxylic acids is 2. The minimum atomic E-state index is -1.08. The second-order valence-electron chi connectivity index (χ2n) is 9.26. The summed E-state index contributed by atoms with van der Waals surface area (Å²) in [5.41, 5.74) is 3.58. The summed E-state index contributed by atoms with van der Waals surface area (Å²) in [6, 6.07) is 21.6. The van der Waals surface area contributed by atoms with Crippen LogP contribution in [0.2, 0.25) is 0 Å². The Balaban J connectivity index is 1.66. The molecule has 2 aliphatic rings. The maximum atomic E-state index is 13.8. The third-order valence-corrected chi connectivity index (χ3v) is 7.16. The quantitative estimate of drug-likeness (QED) is 0.495. The van der Waals surface area contributed by atoms with E-state index in [4.69, 9.17) is 9.47 Å². The van der Waals surface area contributed by atoms with Gasteiger partial charge in [-0.1, -0.05) is 42.5 Å². The fraction of sp³-hybridized carbons (Fsp3) is 0.233. The molecule has 7 nitrogen and oxygen atoms in total. The van der Waals surface area contributed by atoms with Crippen LogP contribution in [0.5, 0.6) is 11.5 Å². The van der Waals surface area contributed by atoms with E-state index in [9.17, 15) is 19.5 Å². The molecule has 3 aromatic carbocycles. The highest BCUT2D eigenvalue weighted by molar-refractivity contribution is 6.08. The van der Waals surface area contributed by atoms with Crippen LogP contribution in [0.4, 0.5) is 5.69 Å². The number of nitrogens with zero attached hydrogens (tertiary/aromatic N) is 1. The number of ether oxygens (including phenoxy) is 2. The van der Waals surface area contributed by atoms with Gasteiger partial charge in [-0.25, -0.2) is 4.79 Å². The molecule has 0 fully saturated rings. The number of carboxylic acid groups (broad SMARTS) is 1. The van der Waals surface area contributed by atoms with Crippen LogP contribution in [0.25, 0.3) is 0 Å². The van der Waals surface area contributed by atoms with Gasteiger partial charge in [0.15, 0.2) is 17.3 Å². The number of amides is 1. The van der Waals surface area contributed by atoms with E-state index in [1.54, 1.807) is 37.3 Å². The van der Waals surface area contributed by atoms with E-state index in [2.05, 4.69) is 0 Å². The molecular weight excluding hydrogens is 470 g/mol. The van der Waals surface area contributed by atoms with Crippen LogP contribution in [0.3, 0.4) is 0 Å². The fourth-order valence-electron chi connectivity index (χ4n) is 5.43. The minimum absolute atomic E-state index is 0.0122. The Labute approximate surface area is 214 Å². The number of methoxy groups -OCH3 is 2. The maximum Gasteiger partial charge on any atom is 0.335 e. The Morgan fingerprint density at radius 1 is 0.838 bits per heavy atom. The zero-order valence-electron chi connectivity index (χ0n) is 20.6. The van der Waals surface area contributed by atoms with Gasteiger partial charge in [-0.2, -0.15) is 0 Å². The first kappa shape index (κ1) is 24.3. The normalized spacial score (nSPS) is 19.5. The average molecular weight is 498 g/mol. The van der Waals surface area contributed by atoms with Crippen LogP contribution in [0, 0.1) is 0 Å². The number of allylic oxidation sites excluding steroid dienone is 2. The molecule has 7 heteroatoms. The summed E-state index contributed by atoms with van der Waals surface area (Å²) < 4.78 is 10.9. The molecule has 1 heterocycles. The lowest BCUT2D eigenvalue weighted by molar-refractivity contribution is -0.120. The first-order valence-electron chi connectivity index (χ1n) is 12.1. The van der Waals surface area contributed by atoms with Crippen molar-refractivity contribution in [1.82, 2.24) is 0 Å². The van der Waals surface area contributed by atoms with Crippen molar-refractivity contribution in [3.05, 3.63) is 101 Å². The van der Waals surface area contributed by atoms with E-state index < -0.39 is 11.9 Å². The lowest BCUT2D eigenvalue weighted by atomic mass is 9.72. The van der Waals surface area contributed by atoms with Gasteiger partial charge in [0, 0.05) is 35.7 Å². The lowest BCUT2D eigenvalue weighted by Gasteiger charge is -2.40. The topological polar surface area (TPSA) is 93.1 Å². The number of rotatable bonds is 6. The molecule has 188 valence electrons. The molecule has 0 bridgehead atoms. The number of anilines is 1. The largest absolute Gasteiger partial charge is 0.493 e. The van der Waals surface area contributed by atoms with Crippen LogP contribution in [-0.2, 0) is 9.59 Å². The highest BCUT2D eigenvalue weighted by Gasteiger charge is 2.42. The third-order valence-electron chi connectivity index (χ3n) is 7.16. The fourth-order valence-corrected chi connectivity index (χ4v) is 5.43. The van der Waals surface area contributed by atoms with Crippen LogP contribution in [0.1, 0.15) is 52.6 Å². The molecule has 1 amide bonds. The smallest absolute Gasteiger partial charge is 0.335 e. The number of carbonyl (C=O) groups is 3. The lowest BCUT2D eigenvalue weighted by Crippen LogP contribution is -2.41. The van der Waals surface area contributed by atoms with E-state index in [1.807, 2.05) is 42.5 Å². The number of hydrogen-bond acceptors (Lipinski definition) is 5. The molecule has 0 aromatic heterocycles. The summed E-state index contributed by atoms with van der Waals surface area (Å²) >= 11 is 0. The van der Waals surface area contributed by atoms with E-state index in [1.165, 1.54) is 12.1 Å². The molecule has 0 saturated heterocycles. The number of ketones is 1. The molecule has 1 aliphatic carbocycles. The van der Waals surface area contributed by atoms with Crippen LogP contribution in [0.15, 0.2) is 84.1 Å². The summed E-state index contributed by atoms with van der Waals surface area (Å²) in [5, 5.41) is 9.53. The number of Topliss-reactive ketones (excluding diaryl/α,β-unsaturated/α-hetero) is 1. The number of aromatic carboxylic acids is 1. The molecule has 37 heavy (non-hydrogen) atoms. The second-order valence-corrected chi connectivity index (χ2v) is 9.26. The molecule has 1 aliphatic heterocycles. The Morgan fingerprint density at radius 2 is 1.59 bits per heavy atom. The van der Waals surface area contributed by atoms with Crippen molar-refractivity contribution < 1.29 is 29.0 Å². The van der Waals surface area contributed by atoms with Crippen molar-refractivity contribution in [3.8, 4) is 11.5 Å². The Kier molecular flexibility index (Phi) is 6.53. The Bertz CT molecular complexity index is 1410. The van der Waals surface area contributed by atoms with Crippen LogP contribution >= 0.6 is 0 Å². The summed E-state index contributed by atoms with van der Waals surface area (Å²) in [6.45, 7) is 0. The van der Waals surface area contributed by atoms with Crippen molar-refractivity contribution in [2.75, 3.05) is 19.1 Å². The highest BCUT2D eigenvalue weighted by atomic mass is 16.5.